The number of aliphatic hydroxyl groups is 1. The van der Waals surface area contributed by atoms with Gasteiger partial charge in [0.05, 0.1) is 13.3 Å². The summed E-state index contributed by atoms with van der Waals surface area (Å²) in [5.41, 5.74) is 0.159. The minimum Gasteiger partial charge on any atom is -0.495 e. The molecule has 4 rings (SSSR count). The van der Waals surface area contributed by atoms with Gasteiger partial charge >= 0.3 is 6.03 Å². The van der Waals surface area contributed by atoms with E-state index in [1.54, 1.807) is 42.5 Å². The van der Waals surface area contributed by atoms with Crippen LogP contribution in [0.3, 0.4) is 0 Å². The molecule has 1 saturated heterocycles. The van der Waals surface area contributed by atoms with Crippen molar-refractivity contribution >= 4 is 29.2 Å². The van der Waals surface area contributed by atoms with Gasteiger partial charge in [0.15, 0.2) is 0 Å². The first-order chi connectivity index (χ1) is 14.9. The quantitative estimate of drug-likeness (QED) is 0.657. The van der Waals surface area contributed by atoms with Crippen molar-refractivity contribution in [2.45, 2.75) is 36.8 Å². The van der Waals surface area contributed by atoms with Gasteiger partial charge in [-0.1, -0.05) is 11.6 Å². The van der Waals surface area contributed by atoms with Gasteiger partial charge in [-0.05, 0) is 55.7 Å². The van der Waals surface area contributed by atoms with Crippen molar-refractivity contribution in [2.75, 3.05) is 25.5 Å². The summed E-state index contributed by atoms with van der Waals surface area (Å²) in [5, 5.41) is 16.7. The first kappa shape index (κ1) is 21.4. The topological polar surface area (TPSA) is 104 Å². The third-order valence-electron chi connectivity index (χ3n) is 5.82. The van der Waals surface area contributed by atoms with Gasteiger partial charge in [-0.15, -0.1) is 0 Å². The van der Waals surface area contributed by atoms with Gasteiger partial charge in [0.25, 0.3) is 5.91 Å². The number of hydrogen-bond acceptors (Lipinski definition) is 5. The van der Waals surface area contributed by atoms with Crippen molar-refractivity contribution in [2.24, 2.45) is 0 Å². The van der Waals surface area contributed by atoms with E-state index in [1.807, 2.05) is 12.1 Å². The lowest BCUT2D eigenvalue weighted by Gasteiger charge is -2.39. The molecule has 8 nitrogen and oxygen atoms in total. The molecule has 9 heteroatoms. The van der Waals surface area contributed by atoms with Gasteiger partial charge in [-0.25, -0.2) is 4.79 Å². The molecule has 1 saturated carbocycles. The second kappa shape index (κ2) is 8.72. The van der Waals surface area contributed by atoms with Crippen LogP contribution in [0.25, 0.3) is 0 Å². The molecule has 0 unspecified atom stereocenters. The van der Waals surface area contributed by atoms with Gasteiger partial charge in [0.1, 0.15) is 11.4 Å². The minimum absolute atomic E-state index is 0.220. The van der Waals surface area contributed by atoms with Crippen molar-refractivity contribution in [3.05, 3.63) is 53.3 Å². The Hall–Kier alpha value is -2.84. The van der Waals surface area contributed by atoms with Crippen LogP contribution >= 0.6 is 11.6 Å². The highest BCUT2D eigenvalue weighted by Gasteiger charge is 2.51. The molecule has 31 heavy (non-hydrogen) atoms. The number of halogens is 1. The van der Waals surface area contributed by atoms with Crippen molar-refractivity contribution in [3.63, 3.8) is 0 Å². The zero-order chi connectivity index (χ0) is 22.0. The van der Waals surface area contributed by atoms with Gasteiger partial charge in [0.2, 0.25) is 0 Å². The van der Waals surface area contributed by atoms with Gasteiger partial charge in [0, 0.05) is 41.5 Å². The van der Waals surface area contributed by atoms with Crippen LogP contribution in [0.1, 0.15) is 30.9 Å². The van der Waals surface area contributed by atoms with Crippen LogP contribution in [0.2, 0.25) is 5.02 Å². The highest BCUT2D eigenvalue weighted by Crippen LogP contribution is 2.38. The Morgan fingerprint density at radius 2 is 1.97 bits per heavy atom. The number of nitrogens with zero attached hydrogens (tertiary/aromatic N) is 2. The third-order valence-corrected chi connectivity index (χ3v) is 6.07. The summed E-state index contributed by atoms with van der Waals surface area (Å²) in [4.78, 5) is 31.5. The molecule has 2 atom stereocenters. The fourth-order valence-corrected chi connectivity index (χ4v) is 3.96. The number of aromatic nitrogens is 1. The molecule has 2 fully saturated rings. The van der Waals surface area contributed by atoms with Crippen molar-refractivity contribution < 1.29 is 19.4 Å². The van der Waals surface area contributed by atoms with E-state index < -0.39 is 5.60 Å². The van der Waals surface area contributed by atoms with E-state index in [0.717, 1.165) is 5.69 Å². The van der Waals surface area contributed by atoms with Crippen LogP contribution in [0.4, 0.5) is 10.5 Å². The molecule has 1 aliphatic heterocycles. The van der Waals surface area contributed by atoms with E-state index >= 15 is 0 Å². The monoisotopic (exact) mass is 444 g/mol. The molecule has 0 radical (unpaired) electrons. The molecule has 1 aliphatic carbocycles. The highest BCUT2D eigenvalue weighted by molar-refractivity contribution is 6.30. The zero-order valence-electron chi connectivity index (χ0n) is 17.2. The number of methoxy groups -OCH3 is 1. The molecule has 1 aromatic heterocycles. The van der Waals surface area contributed by atoms with Gasteiger partial charge in [-0.3, -0.25) is 9.78 Å². The number of amides is 3. The van der Waals surface area contributed by atoms with Crippen LogP contribution in [-0.2, 0) is 4.79 Å². The van der Waals surface area contributed by atoms with Crippen LogP contribution in [-0.4, -0.2) is 58.8 Å². The summed E-state index contributed by atoms with van der Waals surface area (Å²) in [5.74, 6) is 0.168. The molecule has 2 aromatic rings. The number of benzene rings is 1. The fraction of sp³-hybridized carbons (Fsp3) is 0.409. The first-order valence-electron chi connectivity index (χ1n) is 10.2. The van der Waals surface area contributed by atoms with Crippen LogP contribution in [0.5, 0.6) is 5.75 Å². The molecular formula is C22H25ClN4O4. The summed E-state index contributed by atoms with van der Waals surface area (Å²) in [6, 6.07) is 9.93. The molecule has 3 N–H and O–H groups in total. The summed E-state index contributed by atoms with van der Waals surface area (Å²) in [6.07, 6.45) is 3.17. The summed E-state index contributed by atoms with van der Waals surface area (Å²) in [6.45, 7) is 0.825. The number of rotatable bonds is 5. The number of piperidine rings is 1. The van der Waals surface area contributed by atoms with E-state index in [2.05, 4.69) is 15.6 Å². The second-order valence-corrected chi connectivity index (χ2v) is 8.45. The molecule has 2 aliphatic rings. The maximum atomic E-state index is 12.7. The third kappa shape index (κ3) is 4.91. The van der Waals surface area contributed by atoms with Crippen LogP contribution < -0.4 is 15.4 Å². The number of hydrogen-bond donors (Lipinski definition) is 3. The van der Waals surface area contributed by atoms with Crippen molar-refractivity contribution in [1.82, 2.24) is 15.2 Å². The minimum atomic E-state index is -1.22. The molecule has 2 heterocycles. The van der Waals surface area contributed by atoms with E-state index in [0.29, 0.717) is 48.8 Å². The van der Waals surface area contributed by atoms with Gasteiger partial charge in [-0.2, -0.15) is 0 Å². The number of pyridine rings is 1. The Bertz CT molecular complexity index is 947. The number of likely N-dealkylation sites (tertiary alicyclic amines) is 1. The lowest BCUT2D eigenvalue weighted by molar-refractivity contribution is -0.144. The lowest BCUT2D eigenvalue weighted by Crippen LogP contribution is -2.54. The van der Waals surface area contributed by atoms with Crippen LogP contribution in [0.15, 0.2) is 42.6 Å². The average Bonchev–Trinajstić information content (AvgIpc) is 3.54. The molecule has 0 bridgehead atoms. The number of carbonyl (C=O) groups excluding carboxylic acids is 2. The molecule has 0 spiro atoms. The Balaban J connectivity index is 1.49. The summed E-state index contributed by atoms with van der Waals surface area (Å²) in [7, 11) is 1.57. The number of anilines is 1. The average molecular weight is 445 g/mol. The Labute approximate surface area is 185 Å². The highest BCUT2D eigenvalue weighted by atomic mass is 35.5. The zero-order valence-corrected chi connectivity index (χ0v) is 17.9. The number of ether oxygens (including phenoxy) is 1. The Morgan fingerprint density at radius 1 is 1.23 bits per heavy atom. The van der Waals surface area contributed by atoms with Crippen molar-refractivity contribution in [3.8, 4) is 5.75 Å². The van der Waals surface area contributed by atoms with Crippen molar-refractivity contribution in [1.29, 1.82) is 0 Å². The van der Waals surface area contributed by atoms with Crippen LogP contribution in [0, 0.1) is 0 Å². The normalized spacial score (nSPS) is 21.8. The largest absolute Gasteiger partial charge is 0.495 e. The molecule has 3 amide bonds. The first-order valence-corrected chi connectivity index (χ1v) is 10.6. The predicted octanol–water partition coefficient (Wildman–Crippen LogP) is 2.77. The number of carbonyl (C=O) groups is 2. The second-order valence-electron chi connectivity index (χ2n) is 8.01. The summed E-state index contributed by atoms with van der Waals surface area (Å²) >= 11 is 5.89. The standard InChI is InChI=1S/C22H25ClN4O4/c1-31-16-6-7-18(24-12-16)17-13-27(20(28)22(30)9-10-22)11-8-19(17)26-21(29)25-15-4-2-14(23)3-5-15/h2-7,12,17,19,30H,8-11,13H2,1H3,(H2,25,26,29)/t17-,19+/m0/s1. The Kier molecular flexibility index (Phi) is 6.02. The SMILES string of the molecule is COc1ccc([C@@H]2CN(C(=O)C3(O)CC3)CC[C@H]2NC(=O)Nc2ccc(Cl)cc2)nc1. The van der Waals surface area contributed by atoms with E-state index in [4.69, 9.17) is 16.3 Å². The van der Waals surface area contributed by atoms with E-state index in [9.17, 15) is 14.7 Å². The molecule has 164 valence electrons. The lowest BCUT2D eigenvalue weighted by atomic mass is 9.88. The maximum Gasteiger partial charge on any atom is 0.319 e. The fourth-order valence-electron chi connectivity index (χ4n) is 3.84. The summed E-state index contributed by atoms with van der Waals surface area (Å²) < 4.78 is 5.19. The number of nitrogens with one attached hydrogen (secondary N) is 2. The maximum absolute atomic E-state index is 12.7. The molecular weight excluding hydrogens is 420 g/mol. The molecule has 1 aromatic carbocycles. The smallest absolute Gasteiger partial charge is 0.319 e. The predicted molar refractivity (Wildman–Crippen MR) is 116 cm³/mol. The Morgan fingerprint density at radius 3 is 2.58 bits per heavy atom. The van der Waals surface area contributed by atoms with E-state index in [1.165, 1.54) is 0 Å². The number of urea groups is 1. The van der Waals surface area contributed by atoms with Gasteiger partial charge < -0.3 is 25.4 Å². The van der Waals surface area contributed by atoms with E-state index in [-0.39, 0.29) is 23.9 Å².